The van der Waals surface area contributed by atoms with Crippen LogP contribution >= 0.6 is 0 Å². The maximum Gasteiger partial charge on any atom is 0.249 e. The van der Waals surface area contributed by atoms with Gasteiger partial charge in [-0.15, -0.1) is 0 Å². The number of hydrogen-bond acceptors (Lipinski definition) is 9. The molecule has 3 aliphatic rings. The van der Waals surface area contributed by atoms with Crippen molar-refractivity contribution in [3.63, 3.8) is 0 Å². The number of para-hydroxylation sites is 2. The van der Waals surface area contributed by atoms with Crippen LogP contribution in [-0.4, -0.2) is 38.2 Å². The summed E-state index contributed by atoms with van der Waals surface area (Å²) in [5, 5.41) is 17.8. The molecule has 9 rings (SSSR count). The van der Waals surface area contributed by atoms with Crippen molar-refractivity contribution in [3.8, 4) is 34.4 Å². The molecule has 3 aromatic carbocycles. The number of carbonyl (C=O) groups is 1. The lowest BCUT2D eigenvalue weighted by atomic mass is 9.72. The van der Waals surface area contributed by atoms with Crippen molar-refractivity contribution >= 4 is 22.5 Å². The molecule has 0 radical (unpaired) electrons. The van der Waals surface area contributed by atoms with E-state index in [0.29, 0.717) is 40.8 Å². The third-order valence-corrected chi connectivity index (χ3v) is 9.44. The number of aromatic amines is 1. The van der Waals surface area contributed by atoms with Gasteiger partial charge in [-0.05, 0) is 41.7 Å². The van der Waals surface area contributed by atoms with Gasteiger partial charge in [0, 0.05) is 28.4 Å². The number of rotatable bonds is 3. The fraction of sp³-hybridized carbons (Fsp3) is 0.229. The predicted molar refractivity (Wildman–Crippen MR) is 169 cm³/mol. The minimum absolute atomic E-state index is 0.0760. The molecule has 4 atom stereocenters. The molecule has 230 valence electrons. The van der Waals surface area contributed by atoms with E-state index in [1.165, 1.54) is 0 Å². The van der Waals surface area contributed by atoms with Gasteiger partial charge in [-0.1, -0.05) is 56.3 Å². The molecular weight excluding hydrogens is 584 g/mol. The summed E-state index contributed by atoms with van der Waals surface area (Å²) in [6.45, 7) is 3.99. The highest BCUT2D eigenvalue weighted by Crippen LogP contribution is 2.59. The molecule has 0 aliphatic carbocycles. The van der Waals surface area contributed by atoms with E-state index in [4.69, 9.17) is 29.3 Å². The Kier molecular flexibility index (Phi) is 5.52. The zero-order valence-corrected chi connectivity index (χ0v) is 25.0. The maximum atomic E-state index is 13.4. The zero-order chi connectivity index (χ0) is 31.3. The summed E-state index contributed by atoms with van der Waals surface area (Å²) in [5.41, 5.74) is 10.9. The number of amides is 1. The Morgan fingerprint density at radius 2 is 1.91 bits per heavy atom. The number of nitrogens with one attached hydrogen (secondary N) is 3. The van der Waals surface area contributed by atoms with Crippen molar-refractivity contribution in [1.29, 1.82) is 0 Å². The van der Waals surface area contributed by atoms with E-state index in [-0.39, 0.29) is 23.5 Å². The topological polar surface area (TPSA) is 164 Å². The molecule has 0 saturated carbocycles. The van der Waals surface area contributed by atoms with Crippen LogP contribution in [0.5, 0.6) is 11.5 Å². The van der Waals surface area contributed by atoms with Gasteiger partial charge in [0.2, 0.25) is 17.7 Å². The Hall–Kier alpha value is -5.55. The van der Waals surface area contributed by atoms with Crippen LogP contribution in [0.25, 0.3) is 33.8 Å². The molecular formula is C35H30N6O5. The van der Waals surface area contributed by atoms with E-state index in [1.54, 1.807) is 24.5 Å². The number of hydrogen-bond donors (Lipinski definition) is 5. The Morgan fingerprint density at radius 3 is 2.78 bits per heavy atom. The van der Waals surface area contributed by atoms with Gasteiger partial charge in [0.15, 0.2) is 23.4 Å². The molecule has 6 aromatic rings. The van der Waals surface area contributed by atoms with Crippen molar-refractivity contribution in [2.75, 3.05) is 5.32 Å². The largest absolute Gasteiger partial charge is 0.506 e. The molecule has 0 saturated heterocycles. The first-order valence-corrected chi connectivity index (χ1v) is 15.3. The molecule has 3 aliphatic heterocycles. The Bertz CT molecular complexity index is 2200. The Morgan fingerprint density at radius 1 is 1.04 bits per heavy atom. The van der Waals surface area contributed by atoms with Crippen LogP contribution in [0.4, 0.5) is 5.69 Å². The molecule has 3 aromatic heterocycles. The normalized spacial score (nSPS) is 22.9. The molecule has 6 heterocycles. The standard InChI is InChI=1S/C35H30N6O5/c1-16(2)27-33-41-29(32-38-15-26(44-32)19-14-37-28-18(19)6-5-9-24(28)42)30(46-33)35-20-7-3-4-8-23(20)39-34(35)45-25-11-10-17(12-21(25)35)13-22(36)31(43)40-27/h3-12,14-16,22,27,34,37,39,42H,13,36H2,1-2H3,(H,40,43)/t22-,27-,34-,35?/m0/s1. The van der Waals surface area contributed by atoms with Crippen molar-refractivity contribution < 1.29 is 23.5 Å². The van der Waals surface area contributed by atoms with Crippen LogP contribution in [0.15, 0.2) is 81.9 Å². The number of anilines is 1. The van der Waals surface area contributed by atoms with Gasteiger partial charge in [-0.25, -0.2) is 9.97 Å². The summed E-state index contributed by atoms with van der Waals surface area (Å²) in [7, 11) is 0. The van der Waals surface area contributed by atoms with E-state index in [0.717, 1.165) is 33.3 Å². The molecule has 11 heteroatoms. The number of nitrogens with zero attached hydrogens (tertiary/aromatic N) is 2. The summed E-state index contributed by atoms with van der Waals surface area (Å²) in [6.07, 6.45) is 3.22. The first-order valence-electron chi connectivity index (χ1n) is 15.3. The van der Waals surface area contributed by atoms with Crippen molar-refractivity contribution in [1.82, 2.24) is 20.3 Å². The highest BCUT2D eigenvalue weighted by molar-refractivity contribution is 5.97. The van der Waals surface area contributed by atoms with Gasteiger partial charge in [0.05, 0.1) is 17.8 Å². The van der Waals surface area contributed by atoms with E-state index >= 15 is 0 Å². The lowest BCUT2D eigenvalue weighted by Gasteiger charge is -2.28. The fourth-order valence-electron chi connectivity index (χ4n) is 7.21. The minimum Gasteiger partial charge on any atom is -0.506 e. The monoisotopic (exact) mass is 614 g/mol. The molecule has 46 heavy (non-hydrogen) atoms. The third kappa shape index (κ3) is 3.60. The number of nitrogens with two attached hydrogens (primary N) is 1. The van der Waals surface area contributed by atoms with Gasteiger partial charge in [-0.2, -0.15) is 0 Å². The highest BCUT2D eigenvalue weighted by Gasteiger charge is 2.61. The van der Waals surface area contributed by atoms with Crippen LogP contribution in [0.3, 0.4) is 0 Å². The van der Waals surface area contributed by atoms with Gasteiger partial charge in [0.25, 0.3) is 0 Å². The second-order valence-corrected chi connectivity index (χ2v) is 12.5. The molecule has 4 bridgehead atoms. The molecule has 1 unspecified atom stereocenters. The summed E-state index contributed by atoms with van der Waals surface area (Å²) in [4.78, 5) is 26.3. The minimum atomic E-state index is -0.960. The molecule has 1 amide bonds. The quantitative estimate of drug-likeness (QED) is 0.177. The number of fused-ring (bicyclic) bond motifs is 5. The molecule has 0 fully saturated rings. The third-order valence-electron chi connectivity index (χ3n) is 9.44. The number of phenols is 1. The average Bonchev–Trinajstić information content (AvgIpc) is 3.86. The lowest BCUT2D eigenvalue weighted by molar-refractivity contribution is -0.123. The van der Waals surface area contributed by atoms with Gasteiger partial charge in [-0.3, -0.25) is 4.79 Å². The van der Waals surface area contributed by atoms with Crippen LogP contribution in [0, 0.1) is 5.92 Å². The van der Waals surface area contributed by atoms with Gasteiger partial charge < -0.3 is 40.0 Å². The van der Waals surface area contributed by atoms with E-state index in [9.17, 15) is 9.90 Å². The summed E-state index contributed by atoms with van der Waals surface area (Å²) >= 11 is 0. The molecule has 11 nitrogen and oxygen atoms in total. The lowest BCUT2D eigenvalue weighted by Crippen LogP contribution is -2.45. The summed E-state index contributed by atoms with van der Waals surface area (Å²) in [5.74, 6) is 2.02. The molecule has 6 N–H and O–H groups in total. The van der Waals surface area contributed by atoms with E-state index in [1.807, 2.05) is 50.2 Å². The SMILES string of the molecule is CC(C)[C@@H]1NC(=O)[C@@H](N)Cc2ccc3c(c2)C2(c4ccccc4N[C@H]2O3)c2oc1nc2-c1ncc(-c2c[nH]c3c(O)cccc23)o1. The number of phenolic OH excluding ortho intramolecular Hbond substituents is 1. The maximum absolute atomic E-state index is 13.4. The fourth-order valence-corrected chi connectivity index (χ4v) is 7.21. The number of aromatic hydroxyl groups is 1. The second kappa shape index (κ2) is 9.48. The zero-order valence-electron chi connectivity index (χ0n) is 25.0. The van der Waals surface area contributed by atoms with Gasteiger partial charge in [0.1, 0.15) is 23.0 Å². The number of oxazole rings is 2. The van der Waals surface area contributed by atoms with E-state index in [2.05, 4.69) is 27.8 Å². The van der Waals surface area contributed by atoms with Crippen molar-refractivity contribution in [3.05, 3.63) is 101 Å². The second-order valence-electron chi connectivity index (χ2n) is 12.5. The Labute approximate surface area is 262 Å². The van der Waals surface area contributed by atoms with Gasteiger partial charge >= 0.3 is 0 Å². The summed E-state index contributed by atoms with van der Waals surface area (Å²) < 4.78 is 19.9. The average molecular weight is 615 g/mol. The smallest absolute Gasteiger partial charge is 0.249 e. The van der Waals surface area contributed by atoms with Crippen molar-refractivity contribution in [2.45, 2.75) is 44.0 Å². The van der Waals surface area contributed by atoms with Crippen LogP contribution in [0.1, 0.15) is 48.2 Å². The van der Waals surface area contributed by atoms with Crippen molar-refractivity contribution in [2.24, 2.45) is 11.7 Å². The summed E-state index contributed by atoms with van der Waals surface area (Å²) in [6, 6.07) is 17.9. The van der Waals surface area contributed by atoms with Crippen LogP contribution in [0.2, 0.25) is 0 Å². The first-order chi connectivity index (χ1) is 22.3. The number of aromatic nitrogens is 3. The number of H-pyrrole nitrogens is 1. The highest BCUT2D eigenvalue weighted by atomic mass is 16.5. The first kappa shape index (κ1) is 26.8. The predicted octanol–water partition coefficient (Wildman–Crippen LogP) is 5.36. The molecule has 1 spiro atoms. The van der Waals surface area contributed by atoms with Crippen LogP contribution in [-0.2, 0) is 16.6 Å². The number of ether oxygens (including phenoxy) is 1. The Balaban J connectivity index is 1.32. The van der Waals surface area contributed by atoms with E-state index < -0.39 is 23.7 Å². The number of benzene rings is 3. The number of carbonyl (C=O) groups excluding carboxylic acids is 1. The van der Waals surface area contributed by atoms with Crippen LogP contribution < -0.4 is 21.1 Å².